The molecule has 0 radical (unpaired) electrons. The first-order valence-corrected chi connectivity index (χ1v) is 4.42. The molecule has 0 bridgehead atoms. The predicted octanol–water partition coefficient (Wildman–Crippen LogP) is 2.00. The quantitative estimate of drug-likeness (QED) is 0.483. The minimum atomic E-state index is -1.58. The second kappa shape index (κ2) is 5.06. The number of nitro groups is 1. The minimum absolute atomic E-state index is 0.0489. The van der Waals surface area contributed by atoms with E-state index in [1.807, 2.05) is 0 Å². The summed E-state index contributed by atoms with van der Waals surface area (Å²) in [7, 11) is 0. The van der Waals surface area contributed by atoms with Gasteiger partial charge in [0.25, 0.3) is 0 Å². The van der Waals surface area contributed by atoms with E-state index in [-0.39, 0.29) is 12.4 Å². The van der Waals surface area contributed by atoms with Crippen molar-refractivity contribution in [2.24, 2.45) is 0 Å². The molecule has 0 amide bonds. The number of hydrogen-bond acceptors (Lipinski definition) is 4. The average molecular weight is 241 g/mol. The third-order valence-electron chi connectivity index (χ3n) is 1.83. The average Bonchev–Trinajstić information content (AvgIpc) is 2.25. The maximum Gasteiger partial charge on any atom is 0.338 e. The van der Waals surface area contributed by atoms with E-state index in [0.29, 0.717) is 12.1 Å². The fourth-order valence-electron chi connectivity index (χ4n) is 1.11. The van der Waals surface area contributed by atoms with E-state index in [1.54, 1.807) is 0 Å². The standard InChI is InChI=1S/C10H8FNO5/c1-2-3-17-9-5-7(11)6(10(13)14)4-8(9)12(15)16/h2,4-5H,1,3H2,(H,13,14). The number of halogens is 1. The SMILES string of the molecule is C=CCOc1cc(F)c(C(=O)O)cc1[N+](=O)[O-]. The van der Waals surface area contributed by atoms with Crippen LogP contribution in [-0.2, 0) is 0 Å². The van der Waals surface area contributed by atoms with Gasteiger partial charge in [0.2, 0.25) is 0 Å². The van der Waals surface area contributed by atoms with Crippen LogP contribution in [0.2, 0.25) is 0 Å². The van der Waals surface area contributed by atoms with Crippen LogP contribution >= 0.6 is 0 Å². The highest BCUT2D eigenvalue weighted by Gasteiger charge is 2.22. The molecular weight excluding hydrogens is 233 g/mol. The van der Waals surface area contributed by atoms with E-state index in [4.69, 9.17) is 9.84 Å². The first kappa shape index (κ1) is 12.6. The Kier molecular flexibility index (Phi) is 3.76. The first-order chi connectivity index (χ1) is 7.97. The molecule has 1 rings (SSSR count). The Balaban J connectivity index is 3.30. The molecule has 0 heterocycles. The molecule has 17 heavy (non-hydrogen) atoms. The second-order valence-corrected chi connectivity index (χ2v) is 2.96. The van der Waals surface area contributed by atoms with Crippen LogP contribution in [0.5, 0.6) is 5.75 Å². The maximum absolute atomic E-state index is 13.3. The van der Waals surface area contributed by atoms with Crippen molar-refractivity contribution in [1.82, 2.24) is 0 Å². The number of rotatable bonds is 5. The normalized spacial score (nSPS) is 9.71. The van der Waals surface area contributed by atoms with Crippen molar-refractivity contribution >= 4 is 11.7 Å². The molecule has 0 atom stereocenters. The zero-order valence-corrected chi connectivity index (χ0v) is 8.55. The van der Waals surface area contributed by atoms with E-state index < -0.39 is 28.0 Å². The summed E-state index contributed by atoms with van der Waals surface area (Å²) in [6.45, 7) is 3.29. The highest BCUT2D eigenvalue weighted by atomic mass is 19.1. The van der Waals surface area contributed by atoms with Gasteiger partial charge in [-0.05, 0) is 0 Å². The molecule has 1 N–H and O–H groups in total. The molecule has 0 saturated heterocycles. The van der Waals surface area contributed by atoms with Gasteiger partial charge in [-0.25, -0.2) is 9.18 Å². The third-order valence-corrected chi connectivity index (χ3v) is 1.83. The molecule has 0 spiro atoms. The van der Waals surface area contributed by atoms with Crippen molar-refractivity contribution in [1.29, 1.82) is 0 Å². The predicted molar refractivity (Wildman–Crippen MR) is 55.7 cm³/mol. The number of ether oxygens (including phenoxy) is 1. The van der Waals surface area contributed by atoms with Gasteiger partial charge < -0.3 is 9.84 Å². The summed E-state index contributed by atoms with van der Waals surface area (Å²) in [6, 6.07) is 1.29. The van der Waals surface area contributed by atoms with Crippen LogP contribution in [0.15, 0.2) is 24.8 Å². The lowest BCUT2D eigenvalue weighted by molar-refractivity contribution is -0.385. The lowest BCUT2D eigenvalue weighted by atomic mass is 10.1. The van der Waals surface area contributed by atoms with Gasteiger partial charge in [-0.2, -0.15) is 0 Å². The molecule has 1 aromatic rings. The van der Waals surface area contributed by atoms with Crippen molar-refractivity contribution in [3.63, 3.8) is 0 Å². The van der Waals surface area contributed by atoms with E-state index in [2.05, 4.69) is 6.58 Å². The Bertz CT molecular complexity index is 486. The third kappa shape index (κ3) is 2.77. The Morgan fingerprint density at radius 2 is 2.29 bits per heavy atom. The molecule has 0 saturated carbocycles. The summed E-state index contributed by atoms with van der Waals surface area (Å²) in [5, 5.41) is 19.3. The molecule has 0 aliphatic rings. The summed E-state index contributed by atoms with van der Waals surface area (Å²) in [4.78, 5) is 20.4. The van der Waals surface area contributed by atoms with Crippen molar-refractivity contribution in [2.75, 3.05) is 6.61 Å². The fraction of sp³-hybridized carbons (Fsp3) is 0.100. The van der Waals surface area contributed by atoms with Crippen LogP contribution in [0, 0.1) is 15.9 Å². The molecule has 6 nitrogen and oxygen atoms in total. The Hall–Kier alpha value is -2.44. The molecule has 1 aromatic carbocycles. The molecule has 0 unspecified atom stereocenters. The minimum Gasteiger partial charge on any atom is -0.483 e. The van der Waals surface area contributed by atoms with Crippen LogP contribution in [0.3, 0.4) is 0 Å². The lowest BCUT2D eigenvalue weighted by Gasteiger charge is -2.05. The summed E-state index contributed by atoms with van der Waals surface area (Å²) in [5.41, 5.74) is -1.38. The fourth-order valence-corrected chi connectivity index (χ4v) is 1.11. The van der Waals surface area contributed by atoms with Crippen LogP contribution in [0.25, 0.3) is 0 Å². The number of carboxylic acid groups (broad SMARTS) is 1. The van der Waals surface area contributed by atoms with Gasteiger partial charge in [-0.3, -0.25) is 10.1 Å². The van der Waals surface area contributed by atoms with Crippen LogP contribution in [-0.4, -0.2) is 22.6 Å². The molecule has 0 aliphatic carbocycles. The van der Waals surface area contributed by atoms with Crippen molar-refractivity contribution < 1.29 is 24.0 Å². The van der Waals surface area contributed by atoms with Gasteiger partial charge in [0.1, 0.15) is 18.0 Å². The van der Waals surface area contributed by atoms with Crippen LogP contribution in [0.1, 0.15) is 10.4 Å². The number of carboxylic acids is 1. The van der Waals surface area contributed by atoms with Crippen LogP contribution in [0.4, 0.5) is 10.1 Å². The summed E-state index contributed by atoms with van der Waals surface area (Å²) < 4.78 is 18.1. The van der Waals surface area contributed by atoms with Crippen molar-refractivity contribution in [3.05, 3.63) is 46.3 Å². The zero-order chi connectivity index (χ0) is 13.0. The molecule has 90 valence electrons. The molecule has 0 aliphatic heterocycles. The van der Waals surface area contributed by atoms with Crippen LogP contribution < -0.4 is 4.74 Å². The topological polar surface area (TPSA) is 89.7 Å². The summed E-state index contributed by atoms with van der Waals surface area (Å²) in [5.74, 6) is -3.01. The number of hydrogen-bond donors (Lipinski definition) is 1. The Morgan fingerprint density at radius 1 is 1.65 bits per heavy atom. The zero-order valence-electron chi connectivity index (χ0n) is 8.55. The Morgan fingerprint density at radius 3 is 2.76 bits per heavy atom. The lowest BCUT2D eigenvalue weighted by Crippen LogP contribution is -2.05. The molecule has 7 heteroatoms. The molecular formula is C10H8FNO5. The highest BCUT2D eigenvalue weighted by Crippen LogP contribution is 2.30. The number of nitrogens with zero attached hydrogens (tertiary/aromatic N) is 1. The number of benzene rings is 1. The van der Waals surface area contributed by atoms with E-state index >= 15 is 0 Å². The molecule has 0 aromatic heterocycles. The van der Waals surface area contributed by atoms with Gasteiger partial charge >= 0.3 is 11.7 Å². The van der Waals surface area contributed by atoms with E-state index in [0.717, 1.165) is 0 Å². The van der Waals surface area contributed by atoms with Crippen molar-refractivity contribution in [3.8, 4) is 5.75 Å². The molecule has 0 fully saturated rings. The highest BCUT2D eigenvalue weighted by molar-refractivity contribution is 5.89. The summed E-state index contributed by atoms with van der Waals surface area (Å²) in [6.07, 6.45) is 1.33. The first-order valence-electron chi connectivity index (χ1n) is 4.42. The van der Waals surface area contributed by atoms with E-state index in [9.17, 15) is 19.3 Å². The van der Waals surface area contributed by atoms with Gasteiger partial charge in [0.15, 0.2) is 5.75 Å². The maximum atomic E-state index is 13.3. The van der Waals surface area contributed by atoms with Gasteiger partial charge in [-0.15, -0.1) is 0 Å². The second-order valence-electron chi connectivity index (χ2n) is 2.96. The largest absolute Gasteiger partial charge is 0.483 e. The summed E-state index contributed by atoms with van der Waals surface area (Å²) >= 11 is 0. The Labute approximate surface area is 95.1 Å². The van der Waals surface area contributed by atoms with Gasteiger partial charge in [-0.1, -0.05) is 12.7 Å². The monoisotopic (exact) mass is 241 g/mol. The number of carbonyl (C=O) groups is 1. The van der Waals surface area contributed by atoms with E-state index in [1.165, 1.54) is 6.08 Å². The van der Waals surface area contributed by atoms with Gasteiger partial charge in [0.05, 0.1) is 4.92 Å². The van der Waals surface area contributed by atoms with Gasteiger partial charge in [0, 0.05) is 12.1 Å². The van der Waals surface area contributed by atoms with Crippen molar-refractivity contribution in [2.45, 2.75) is 0 Å². The number of aromatic carboxylic acids is 1. The number of nitro benzene ring substituents is 1. The smallest absolute Gasteiger partial charge is 0.338 e.